The summed E-state index contributed by atoms with van der Waals surface area (Å²) in [7, 11) is 0. The molecule has 1 aliphatic carbocycles. The Bertz CT molecular complexity index is 370. The molecule has 0 aromatic carbocycles. The summed E-state index contributed by atoms with van der Waals surface area (Å²) in [5.41, 5.74) is -0.139. The second kappa shape index (κ2) is 5.30. The lowest BCUT2D eigenvalue weighted by Crippen LogP contribution is -2.45. The van der Waals surface area contributed by atoms with Crippen molar-refractivity contribution in [3.8, 4) is 0 Å². The largest absolute Gasteiger partial charge is 0.396 e. The van der Waals surface area contributed by atoms with Crippen molar-refractivity contribution in [2.24, 2.45) is 16.7 Å². The molecule has 1 amide bonds. The highest BCUT2D eigenvalue weighted by molar-refractivity contribution is 5.87. The van der Waals surface area contributed by atoms with Gasteiger partial charge in [-0.3, -0.25) is 4.79 Å². The Morgan fingerprint density at radius 2 is 1.95 bits per heavy atom. The highest BCUT2D eigenvalue weighted by Crippen LogP contribution is 2.71. The standard InChI is InChI=1S/C16H27NO3/c1-13-2-7-17(8-3-13)14(19)16(4-9-18)12-15(16)5-10-20-11-6-15/h13,18H,2-12H2,1H3. The van der Waals surface area contributed by atoms with Crippen LogP contribution in [0.15, 0.2) is 0 Å². The molecule has 1 saturated carbocycles. The van der Waals surface area contributed by atoms with Crippen molar-refractivity contribution in [1.29, 1.82) is 0 Å². The molecular weight excluding hydrogens is 254 g/mol. The summed E-state index contributed by atoms with van der Waals surface area (Å²) in [5.74, 6) is 1.06. The molecule has 4 heteroatoms. The van der Waals surface area contributed by atoms with Crippen molar-refractivity contribution in [2.75, 3.05) is 32.9 Å². The summed E-state index contributed by atoms with van der Waals surface area (Å²) in [5, 5.41) is 9.44. The summed E-state index contributed by atoms with van der Waals surface area (Å²) >= 11 is 0. The van der Waals surface area contributed by atoms with E-state index >= 15 is 0 Å². The molecule has 3 rings (SSSR count). The normalized spacial score (nSPS) is 33.4. The van der Waals surface area contributed by atoms with Gasteiger partial charge in [0.1, 0.15) is 0 Å². The maximum absolute atomic E-state index is 13.0. The smallest absolute Gasteiger partial charge is 0.229 e. The third-order valence-corrected chi connectivity index (χ3v) is 6.00. The fraction of sp³-hybridized carbons (Fsp3) is 0.938. The number of ether oxygens (including phenoxy) is 1. The van der Waals surface area contributed by atoms with E-state index in [1.807, 2.05) is 0 Å². The predicted octanol–water partition coefficient (Wildman–Crippen LogP) is 1.81. The summed E-state index contributed by atoms with van der Waals surface area (Å²) in [6, 6.07) is 0. The van der Waals surface area contributed by atoms with Gasteiger partial charge in [-0.25, -0.2) is 0 Å². The summed E-state index contributed by atoms with van der Waals surface area (Å²) in [6.07, 6.45) is 5.83. The zero-order valence-corrected chi connectivity index (χ0v) is 12.6. The predicted molar refractivity (Wildman–Crippen MR) is 76.2 cm³/mol. The van der Waals surface area contributed by atoms with E-state index in [4.69, 9.17) is 4.74 Å². The van der Waals surface area contributed by atoms with Gasteiger partial charge >= 0.3 is 0 Å². The Kier molecular flexibility index (Phi) is 3.80. The summed E-state index contributed by atoms with van der Waals surface area (Å²) in [6.45, 7) is 5.75. The van der Waals surface area contributed by atoms with Crippen LogP contribution in [-0.2, 0) is 9.53 Å². The molecule has 0 bridgehead atoms. The number of amides is 1. The third-order valence-electron chi connectivity index (χ3n) is 6.00. The van der Waals surface area contributed by atoms with E-state index < -0.39 is 0 Å². The average Bonchev–Trinajstić information content (AvgIpc) is 3.07. The van der Waals surface area contributed by atoms with Gasteiger partial charge in [0, 0.05) is 32.9 Å². The van der Waals surface area contributed by atoms with Crippen LogP contribution in [0.1, 0.15) is 45.4 Å². The molecule has 1 unspecified atom stereocenters. The quantitative estimate of drug-likeness (QED) is 0.858. The number of carbonyl (C=O) groups is 1. The second-order valence-electron chi connectivity index (χ2n) is 7.10. The molecular formula is C16H27NO3. The van der Waals surface area contributed by atoms with Crippen LogP contribution < -0.4 is 0 Å². The fourth-order valence-electron chi connectivity index (χ4n) is 4.42. The summed E-state index contributed by atoms with van der Waals surface area (Å²) < 4.78 is 5.47. The van der Waals surface area contributed by atoms with Crippen LogP contribution in [0.25, 0.3) is 0 Å². The van der Waals surface area contributed by atoms with Gasteiger partial charge in [0.05, 0.1) is 5.41 Å². The van der Waals surface area contributed by atoms with E-state index in [0.29, 0.717) is 12.3 Å². The van der Waals surface area contributed by atoms with Crippen LogP contribution >= 0.6 is 0 Å². The first-order valence-corrected chi connectivity index (χ1v) is 8.12. The van der Waals surface area contributed by atoms with Gasteiger partial charge in [-0.1, -0.05) is 6.92 Å². The molecule has 4 nitrogen and oxygen atoms in total. The zero-order valence-electron chi connectivity index (χ0n) is 12.6. The molecule has 2 heterocycles. The maximum Gasteiger partial charge on any atom is 0.229 e. The SMILES string of the molecule is CC1CCN(C(=O)C2(CCO)CC23CCOCC3)CC1. The van der Waals surface area contributed by atoms with Gasteiger partial charge in [-0.15, -0.1) is 0 Å². The number of likely N-dealkylation sites (tertiary alicyclic amines) is 1. The Balaban J connectivity index is 1.73. The third kappa shape index (κ3) is 2.17. The Labute approximate surface area is 121 Å². The van der Waals surface area contributed by atoms with Gasteiger partial charge in [-0.2, -0.15) is 0 Å². The lowest BCUT2D eigenvalue weighted by Gasteiger charge is -2.36. The van der Waals surface area contributed by atoms with Crippen molar-refractivity contribution >= 4 is 5.91 Å². The highest BCUT2D eigenvalue weighted by atomic mass is 16.5. The molecule has 0 aromatic rings. The molecule has 0 radical (unpaired) electrons. The van der Waals surface area contributed by atoms with Crippen LogP contribution in [0, 0.1) is 16.7 Å². The number of nitrogens with zero attached hydrogens (tertiary/aromatic N) is 1. The topological polar surface area (TPSA) is 49.8 Å². The average molecular weight is 281 g/mol. The van der Waals surface area contributed by atoms with Crippen LogP contribution in [-0.4, -0.2) is 48.8 Å². The first-order valence-electron chi connectivity index (χ1n) is 8.12. The number of rotatable bonds is 3. The van der Waals surface area contributed by atoms with Crippen molar-refractivity contribution in [2.45, 2.75) is 45.4 Å². The molecule has 1 spiro atoms. The van der Waals surface area contributed by atoms with Crippen molar-refractivity contribution in [1.82, 2.24) is 4.90 Å². The van der Waals surface area contributed by atoms with Crippen molar-refractivity contribution < 1.29 is 14.6 Å². The number of hydrogen-bond donors (Lipinski definition) is 1. The van der Waals surface area contributed by atoms with Crippen LogP contribution in [0.5, 0.6) is 0 Å². The minimum atomic E-state index is -0.272. The Morgan fingerprint density at radius 1 is 1.30 bits per heavy atom. The van der Waals surface area contributed by atoms with E-state index in [2.05, 4.69) is 11.8 Å². The number of aliphatic hydroxyl groups is 1. The van der Waals surface area contributed by atoms with E-state index in [0.717, 1.165) is 64.3 Å². The molecule has 2 saturated heterocycles. The number of carbonyl (C=O) groups excluding carboxylic acids is 1. The number of aliphatic hydroxyl groups excluding tert-OH is 1. The monoisotopic (exact) mass is 281 g/mol. The van der Waals surface area contributed by atoms with E-state index in [-0.39, 0.29) is 17.4 Å². The minimum absolute atomic E-state index is 0.124. The van der Waals surface area contributed by atoms with Gasteiger partial charge in [0.2, 0.25) is 5.91 Å². The minimum Gasteiger partial charge on any atom is -0.396 e. The molecule has 114 valence electrons. The fourth-order valence-corrected chi connectivity index (χ4v) is 4.42. The lowest BCUT2D eigenvalue weighted by atomic mass is 9.82. The van der Waals surface area contributed by atoms with E-state index in [1.54, 1.807) is 0 Å². The summed E-state index contributed by atoms with van der Waals surface area (Å²) in [4.78, 5) is 15.1. The van der Waals surface area contributed by atoms with Gasteiger partial charge in [0.15, 0.2) is 0 Å². The van der Waals surface area contributed by atoms with E-state index in [1.165, 1.54) is 0 Å². The van der Waals surface area contributed by atoms with Gasteiger partial charge in [-0.05, 0) is 49.9 Å². The van der Waals surface area contributed by atoms with Crippen LogP contribution in [0.3, 0.4) is 0 Å². The zero-order chi connectivity index (χ0) is 14.2. The van der Waals surface area contributed by atoms with Gasteiger partial charge < -0.3 is 14.7 Å². The van der Waals surface area contributed by atoms with Crippen LogP contribution in [0.4, 0.5) is 0 Å². The molecule has 2 aliphatic heterocycles. The Morgan fingerprint density at radius 3 is 2.55 bits per heavy atom. The molecule has 1 atom stereocenters. The first-order chi connectivity index (χ1) is 9.63. The first kappa shape index (κ1) is 14.3. The number of hydrogen-bond acceptors (Lipinski definition) is 3. The van der Waals surface area contributed by atoms with Gasteiger partial charge in [0.25, 0.3) is 0 Å². The molecule has 20 heavy (non-hydrogen) atoms. The van der Waals surface area contributed by atoms with E-state index in [9.17, 15) is 9.90 Å². The highest BCUT2D eigenvalue weighted by Gasteiger charge is 2.71. The van der Waals surface area contributed by atoms with Crippen molar-refractivity contribution in [3.05, 3.63) is 0 Å². The second-order valence-corrected chi connectivity index (χ2v) is 7.10. The molecule has 3 fully saturated rings. The Hall–Kier alpha value is -0.610. The molecule has 0 aromatic heterocycles. The van der Waals surface area contributed by atoms with Crippen molar-refractivity contribution in [3.63, 3.8) is 0 Å². The maximum atomic E-state index is 13.0. The number of piperidine rings is 1. The van der Waals surface area contributed by atoms with Crippen LogP contribution in [0.2, 0.25) is 0 Å². The lowest BCUT2D eigenvalue weighted by molar-refractivity contribution is -0.141. The molecule has 1 N–H and O–H groups in total. The molecule has 3 aliphatic rings.